The van der Waals surface area contributed by atoms with E-state index >= 15 is 0 Å². The van der Waals surface area contributed by atoms with Crippen LogP contribution in [0.5, 0.6) is 0 Å². The Morgan fingerprint density at radius 2 is 1.52 bits per heavy atom. The van der Waals surface area contributed by atoms with Gasteiger partial charge in [0, 0.05) is 0 Å². The Morgan fingerprint density at radius 1 is 1.00 bits per heavy atom. The van der Waals surface area contributed by atoms with Crippen molar-refractivity contribution >= 4 is 12.2 Å². The molecule has 2 rings (SSSR count). The van der Waals surface area contributed by atoms with E-state index in [4.69, 9.17) is 9.47 Å². The largest absolute Gasteiger partial charge is 0.443 e. The summed E-state index contributed by atoms with van der Waals surface area (Å²) in [5.74, 6) is -0.186. The standard InChI is InChI=1S/C24H30N2O5/c1-4-11-21(27)22(18(2)3)26(24(29)31-17-20-14-9-6-10-15-20)25-23(28)30-16-19-12-7-5-8-13-19/h4-10,12-15,18,21-22,27H,1,11,16-17H2,2-3H3,(H,25,28)/t21-,22+/m0/s1. The molecule has 0 spiro atoms. The van der Waals surface area contributed by atoms with Gasteiger partial charge in [-0.1, -0.05) is 80.6 Å². The number of hydrogen-bond donors (Lipinski definition) is 2. The molecule has 0 heterocycles. The van der Waals surface area contributed by atoms with E-state index in [0.29, 0.717) is 0 Å². The third kappa shape index (κ3) is 7.79. The average molecular weight is 427 g/mol. The number of hydrogen-bond acceptors (Lipinski definition) is 5. The van der Waals surface area contributed by atoms with Gasteiger partial charge in [0.2, 0.25) is 0 Å². The Morgan fingerprint density at radius 3 is 2.00 bits per heavy atom. The summed E-state index contributed by atoms with van der Waals surface area (Å²) < 4.78 is 10.6. The zero-order chi connectivity index (χ0) is 22.6. The second kappa shape index (κ2) is 12.4. The van der Waals surface area contributed by atoms with Gasteiger partial charge in [-0.15, -0.1) is 6.58 Å². The molecule has 0 bridgehead atoms. The highest BCUT2D eigenvalue weighted by Crippen LogP contribution is 2.18. The first-order chi connectivity index (χ1) is 14.9. The van der Waals surface area contributed by atoms with Crippen molar-refractivity contribution < 1.29 is 24.2 Å². The van der Waals surface area contributed by atoms with E-state index in [0.717, 1.165) is 16.1 Å². The maximum Gasteiger partial charge on any atom is 0.429 e. The van der Waals surface area contributed by atoms with Gasteiger partial charge in [-0.05, 0) is 23.5 Å². The number of aliphatic hydroxyl groups is 1. The summed E-state index contributed by atoms with van der Waals surface area (Å²) in [6.45, 7) is 7.39. The Balaban J connectivity index is 2.11. The van der Waals surface area contributed by atoms with Gasteiger partial charge in [0.15, 0.2) is 0 Å². The van der Waals surface area contributed by atoms with Crippen LogP contribution in [0.1, 0.15) is 31.4 Å². The SMILES string of the molecule is C=CC[C@H](O)[C@@H](C(C)C)N(NC(=O)OCc1ccccc1)C(=O)OCc1ccccc1. The molecule has 2 N–H and O–H groups in total. The van der Waals surface area contributed by atoms with Crippen LogP contribution in [0, 0.1) is 5.92 Å². The van der Waals surface area contributed by atoms with E-state index in [2.05, 4.69) is 12.0 Å². The van der Waals surface area contributed by atoms with Gasteiger partial charge >= 0.3 is 12.2 Å². The molecule has 0 aliphatic carbocycles. The molecule has 0 saturated carbocycles. The van der Waals surface area contributed by atoms with Crippen LogP contribution in [0.4, 0.5) is 9.59 Å². The smallest absolute Gasteiger partial charge is 0.429 e. The lowest BCUT2D eigenvalue weighted by Crippen LogP contribution is -2.58. The van der Waals surface area contributed by atoms with Gasteiger partial charge in [-0.25, -0.2) is 20.0 Å². The van der Waals surface area contributed by atoms with E-state index in [-0.39, 0.29) is 25.6 Å². The maximum absolute atomic E-state index is 12.9. The fourth-order valence-corrected chi connectivity index (χ4v) is 3.11. The van der Waals surface area contributed by atoms with Crippen molar-refractivity contribution in [3.8, 4) is 0 Å². The second-order valence-electron chi connectivity index (χ2n) is 7.41. The highest BCUT2D eigenvalue weighted by Gasteiger charge is 2.34. The minimum Gasteiger partial charge on any atom is -0.443 e. The third-order valence-electron chi connectivity index (χ3n) is 4.61. The van der Waals surface area contributed by atoms with Crippen molar-refractivity contribution in [2.45, 2.75) is 45.6 Å². The van der Waals surface area contributed by atoms with Gasteiger partial charge < -0.3 is 14.6 Å². The predicted octanol–water partition coefficient (Wildman–Crippen LogP) is 4.43. The summed E-state index contributed by atoms with van der Waals surface area (Å²) in [6.07, 6.45) is -0.761. The lowest BCUT2D eigenvalue weighted by atomic mass is 9.96. The molecule has 0 radical (unpaired) electrons. The molecule has 2 aromatic rings. The van der Waals surface area contributed by atoms with E-state index in [1.807, 2.05) is 74.5 Å². The number of benzene rings is 2. The van der Waals surface area contributed by atoms with Crippen LogP contribution in [0.15, 0.2) is 73.3 Å². The van der Waals surface area contributed by atoms with Crippen LogP contribution in [-0.2, 0) is 22.7 Å². The van der Waals surface area contributed by atoms with Gasteiger partial charge in [-0.3, -0.25) is 0 Å². The fraction of sp³-hybridized carbons (Fsp3) is 0.333. The fourth-order valence-electron chi connectivity index (χ4n) is 3.11. The van der Waals surface area contributed by atoms with Crippen LogP contribution < -0.4 is 5.43 Å². The molecule has 7 heteroatoms. The third-order valence-corrected chi connectivity index (χ3v) is 4.61. The number of aliphatic hydroxyl groups excluding tert-OH is 1. The minimum atomic E-state index is -0.948. The first-order valence-corrected chi connectivity index (χ1v) is 10.2. The number of amides is 2. The van der Waals surface area contributed by atoms with E-state index in [1.54, 1.807) is 6.08 Å². The van der Waals surface area contributed by atoms with Gasteiger partial charge in [0.25, 0.3) is 0 Å². The Kier molecular flexibility index (Phi) is 9.58. The van der Waals surface area contributed by atoms with Gasteiger partial charge in [0.05, 0.1) is 12.1 Å². The molecule has 7 nitrogen and oxygen atoms in total. The molecule has 0 fully saturated rings. The lowest BCUT2D eigenvalue weighted by Gasteiger charge is -2.35. The first-order valence-electron chi connectivity index (χ1n) is 10.2. The number of hydrazine groups is 1. The lowest BCUT2D eigenvalue weighted by molar-refractivity contribution is -0.0106. The van der Waals surface area contributed by atoms with Crippen LogP contribution in [-0.4, -0.2) is 34.4 Å². The molecular weight excluding hydrogens is 396 g/mol. The van der Waals surface area contributed by atoms with Crippen LogP contribution in [0.25, 0.3) is 0 Å². The van der Waals surface area contributed by atoms with Crippen LogP contribution in [0.2, 0.25) is 0 Å². The van der Waals surface area contributed by atoms with Gasteiger partial charge in [-0.2, -0.15) is 0 Å². The van der Waals surface area contributed by atoms with E-state index in [9.17, 15) is 14.7 Å². The summed E-state index contributed by atoms with van der Waals surface area (Å²) in [4.78, 5) is 25.3. The molecule has 2 aromatic carbocycles. The minimum absolute atomic E-state index is 0.0271. The summed E-state index contributed by atoms with van der Waals surface area (Å²) in [5.41, 5.74) is 4.06. The molecule has 2 amide bonds. The normalized spacial score (nSPS) is 12.5. The summed E-state index contributed by atoms with van der Waals surface area (Å²) in [7, 11) is 0. The van der Waals surface area contributed by atoms with Crippen molar-refractivity contribution in [3.63, 3.8) is 0 Å². The molecule has 0 aliphatic rings. The second-order valence-corrected chi connectivity index (χ2v) is 7.41. The molecular formula is C24H30N2O5. The Hall–Kier alpha value is -3.32. The van der Waals surface area contributed by atoms with Gasteiger partial charge in [0.1, 0.15) is 13.2 Å². The van der Waals surface area contributed by atoms with Crippen molar-refractivity contribution in [3.05, 3.63) is 84.4 Å². The number of rotatable bonds is 9. The van der Waals surface area contributed by atoms with E-state index < -0.39 is 24.3 Å². The Labute approximate surface area is 183 Å². The average Bonchev–Trinajstić information content (AvgIpc) is 2.77. The number of carbonyl (C=O) groups excluding carboxylic acids is 2. The van der Waals surface area contributed by atoms with Crippen LogP contribution in [0.3, 0.4) is 0 Å². The molecule has 0 aromatic heterocycles. The maximum atomic E-state index is 12.9. The monoisotopic (exact) mass is 426 g/mol. The van der Waals surface area contributed by atoms with Crippen molar-refractivity contribution in [1.29, 1.82) is 0 Å². The summed E-state index contributed by atoms with van der Waals surface area (Å²) >= 11 is 0. The Bertz CT molecular complexity index is 826. The zero-order valence-electron chi connectivity index (χ0n) is 17.9. The summed E-state index contributed by atoms with van der Waals surface area (Å²) in [6, 6.07) is 17.6. The highest BCUT2D eigenvalue weighted by molar-refractivity contribution is 5.74. The molecule has 2 atom stereocenters. The molecule has 0 aliphatic heterocycles. The zero-order valence-corrected chi connectivity index (χ0v) is 17.9. The van der Waals surface area contributed by atoms with E-state index in [1.165, 1.54) is 0 Å². The number of nitrogens with zero attached hydrogens (tertiary/aromatic N) is 1. The van der Waals surface area contributed by atoms with Crippen molar-refractivity contribution in [2.75, 3.05) is 0 Å². The quantitative estimate of drug-likeness (QED) is 0.458. The first kappa shape index (κ1) is 24.0. The highest BCUT2D eigenvalue weighted by atomic mass is 16.6. The molecule has 31 heavy (non-hydrogen) atoms. The number of carbonyl (C=O) groups is 2. The topological polar surface area (TPSA) is 88.1 Å². The van der Waals surface area contributed by atoms with Crippen LogP contribution >= 0.6 is 0 Å². The molecule has 166 valence electrons. The predicted molar refractivity (Wildman–Crippen MR) is 118 cm³/mol. The van der Waals surface area contributed by atoms with Crippen molar-refractivity contribution in [2.24, 2.45) is 5.92 Å². The molecule has 0 unspecified atom stereocenters. The molecule has 0 saturated heterocycles. The number of ether oxygens (including phenoxy) is 2. The summed E-state index contributed by atoms with van der Waals surface area (Å²) in [5, 5.41) is 11.6. The number of nitrogens with one attached hydrogen (secondary N) is 1. The van der Waals surface area contributed by atoms with Crippen molar-refractivity contribution in [1.82, 2.24) is 10.4 Å².